The lowest BCUT2D eigenvalue weighted by Gasteiger charge is -2.37. The molecule has 0 bridgehead atoms. The molecule has 11 heteroatoms. The molecule has 3 heterocycles. The van der Waals surface area contributed by atoms with Crippen LogP contribution in [0.3, 0.4) is 0 Å². The second-order valence-corrected chi connectivity index (χ2v) is 7.59. The van der Waals surface area contributed by atoms with Gasteiger partial charge in [0.25, 0.3) is 5.92 Å². The maximum Gasteiger partial charge on any atom is 0.416 e. The largest absolute Gasteiger partial charge is 0.416 e. The fourth-order valence-corrected chi connectivity index (χ4v) is 3.73. The number of alkyl halides is 6. The van der Waals surface area contributed by atoms with Crippen LogP contribution in [-0.4, -0.2) is 51.9 Å². The first kappa shape index (κ1) is 21.4. The van der Waals surface area contributed by atoms with E-state index in [1.807, 2.05) is 0 Å². The number of H-pyrrole nitrogens is 1. The first-order chi connectivity index (χ1) is 14.6. The van der Waals surface area contributed by atoms with Gasteiger partial charge in [-0.25, -0.2) is 4.39 Å². The van der Waals surface area contributed by atoms with E-state index in [0.717, 1.165) is 17.5 Å². The van der Waals surface area contributed by atoms with Gasteiger partial charge in [-0.1, -0.05) is 12.1 Å². The number of hydrogen-bond donors (Lipinski definition) is 2. The SMILES string of the molecule is FC1CN(CC(F)(F)c2ccc(C(F)(F)F)cc2)CCC1Nc1cncc2[nH]ncc12. The van der Waals surface area contributed by atoms with Crippen LogP contribution in [0, 0.1) is 0 Å². The number of fused-ring (bicyclic) bond motifs is 1. The number of nitrogens with one attached hydrogen (secondary N) is 2. The van der Waals surface area contributed by atoms with Crippen molar-refractivity contribution < 1.29 is 26.3 Å². The zero-order valence-electron chi connectivity index (χ0n) is 16.1. The summed E-state index contributed by atoms with van der Waals surface area (Å²) in [6, 6.07) is 2.20. The van der Waals surface area contributed by atoms with Crippen molar-refractivity contribution in [2.75, 3.05) is 25.0 Å². The van der Waals surface area contributed by atoms with Crippen molar-refractivity contribution in [3.05, 3.63) is 54.0 Å². The Morgan fingerprint density at radius 2 is 1.74 bits per heavy atom. The van der Waals surface area contributed by atoms with Gasteiger partial charge in [0.15, 0.2) is 0 Å². The maximum absolute atomic E-state index is 14.8. The van der Waals surface area contributed by atoms with Crippen LogP contribution in [0.5, 0.6) is 0 Å². The second kappa shape index (κ2) is 8.03. The lowest BCUT2D eigenvalue weighted by atomic mass is 10.00. The molecule has 2 aromatic heterocycles. The molecule has 2 unspecified atom stereocenters. The summed E-state index contributed by atoms with van der Waals surface area (Å²) in [6.07, 6.45) is -1.01. The van der Waals surface area contributed by atoms with E-state index in [0.29, 0.717) is 23.3 Å². The quantitative estimate of drug-likeness (QED) is 0.567. The molecule has 1 fully saturated rings. The second-order valence-electron chi connectivity index (χ2n) is 7.59. The molecular weight excluding hydrogens is 424 g/mol. The number of hydrogen-bond acceptors (Lipinski definition) is 4. The van der Waals surface area contributed by atoms with E-state index in [-0.39, 0.29) is 19.5 Å². The van der Waals surface area contributed by atoms with E-state index in [2.05, 4.69) is 20.5 Å². The number of rotatable bonds is 5. The van der Waals surface area contributed by atoms with Gasteiger partial charge >= 0.3 is 6.18 Å². The van der Waals surface area contributed by atoms with E-state index >= 15 is 0 Å². The molecule has 0 radical (unpaired) electrons. The average molecular weight is 443 g/mol. The van der Waals surface area contributed by atoms with Crippen LogP contribution in [0.1, 0.15) is 17.5 Å². The fraction of sp³-hybridized carbons (Fsp3) is 0.400. The van der Waals surface area contributed by atoms with Crippen LogP contribution >= 0.6 is 0 Å². The molecule has 2 atom stereocenters. The lowest BCUT2D eigenvalue weighted by molar-refractivity contribution is -0.137. The Labute approximate surface area is 173 Å². The molecule has 3 aromatic rings. The van der Waals surface area contributed by atoms with Gasteiger partial charge in [0.2, 0.25) is 0 Å². The molecule has 0 saturated carbocycles. The van der Waals surface area contributed by atoms with Crippen LogP contribution in [-0.2, 0) is 12.1 Å². The third kappa shape index (κ3) is 4.60. The Kier molecular flexibility index (Phi) is 5.54. The summed E-state index contributed by atoms with van der Waals surface area (Å²) in [5.41, 5.74) is -0.241. The summed E-state index contributed by atoms with van der Waals surface area (Å²) >= 11 is 0. The van der Waals surface area contributed by atoms with Gasteiger partial charge in [-0.15, -0.1) is 0 Å². The third-order valence-electron chi connectivity index (χ3n) is 5.39. The van der Waals surface area contributed by atoms with Gasteiger partial charge in [-0.3, -0.25) is 15.0 Å². The first-order valence-corrected chi connectivity index (χ1v) is 9.59. The predicted molar refractivity (Wildman–Crippen MR) is 103 cm³/mol. The van der Waals surface area contributed by atoms with Crippen molar-refractivity contribution in [1.29, 1.82) is 0 Å². The Balaban J connectivity index is 1.38. The molecule has 1 saturated heterocycles. The van der Waals surface area contributed by atoms with Crippen LogP contribution in [0.25, 0.3) is 10.9 Å². The molecule has 0 amide bonds. The Hall–Kier alpha value is -2.82. The van der Waals surface area contributed by atoms with Crippen molar-refractivity contribution in [3.63, 3.8) is 0 Å². The predicted octanol–water partition coefficient (Wildman–Crippen LogP) is 4.59. The number of benzene rings is 1. The summed E-state index contributed by atoms with van der Waals surface area (Å²) < 4.78 is 81.9. The third-order valence-corrected chi connectivity index (χ3v) is 5.39. The first-order valence-electron chi connectivity index (χ1n) is 9.59. The summed E-state index contributed by atoms with van der Waals surface area (Å²) in [5, 5.41) is 10.5. The van der Waals surface area contributed by atoms with Gasteiger partial charge < -0.3 is 5.32 Å². The van der Waals surface area contributed by atoms with Gasteiger partial charge in [0, 0.05) is 24.0 Å². The topological polar surface area (TPSA) is 56.8 Å². The molecule has 1 aliphatic heterocycles. The Bertz CT molecular complexity index is 1030. The highest BCUT2D eigenvalue weighted by Gasteiger charge is 2.39. The van der Waals surface area contributed by atoms with E-state index in [9.17, 15) is 26.3 Å². The number of anilines is 1. The number of piperidine rings is 1. The number of pyridine rings is 1. The number of aromatic amines is 1. The van der Waals surface area contributed by atoms with E-state index in [1.54, 1.807) is 18.6 Å². The molecule has 166 valence electrons. The van der Waals surface area contributed by atoms with Crippen LogP contribution in [0.2, 0.25) is 0 Å². The molecule has 5 nitrogen and oxygen atoms in total. The highest BCUT2D eigenvalue weighted by atomic mass is 19.4. The lowest BCUT2D eigenvalue weighted by Crippen LogP contribution is -2.50. The van der Waals surface area contributed by atoms with Gasteiger partial charge in [0.1, 0.15) is 6.17 Å². The standard InChI is InChI=1S/C20H19F6N5/c21-15-10-31(11-19(22,23)12-1-3-13(4-2-12)20(24,25)26)6-5-16(15)29-17-8-27-9-18-14(17)7-28-30-18/h1-4,7-9,15-16,29H,5-6,10-11H2,(H,28,30). The molecule has 1 aliphatic rings. The average Bonchev–Trinajstić information content (AvgIpc) is 3.19. The van der Waals surface area contributed by atoms with Crippen LogP contribution in [0.15, 0.2) is 42.9 Å². The molecule has 2 N–H and O–H groups in total. The summed E-state index contributed by atoms with van der Waals surface area (Å²) in [5.74, 6) is -3.41. The zero-order chi connectivity index (χ0) is 22.2. The molecule has 4 rings (SSSR count). The Morgan fingerprint density at radius 3 is 2.42 bits per heavy atom. The molecule has 0 aliphatic carbocycles. The highest BCUT2D eigenvalue weighted by molar-refractivity contribution is 5.89. The molecular formula is C20H19F6N5. The molecule has 31 heavy (non-hydrogen) atoms. The molecule has 1 aromatic carbocycles. The van der Waals surface area contributed by atoms with Crippen molar-refractivity contribution >= 4 is 16.6 Å². The smallest absolute Gasteiger partial charge is 0.377 e. The molecule has 0 spiro atoms. The van der Waals surface area contributed by atoms with Crippen LogP contribution in [0.4, 0.5) is 32.0 Å². The van der Waals surface area contributed by atoms with Gasteiger partial charge in [-0.05, 0) is 18.6 Å². The Morgan fingerprint density at radius 1 is 1.03 bits per heavy atom. The van der Waals surface area contributed by atoms with Crippen LogP contribution < -0.4 is 5.32 Å². The minimum absolute atomic E-state index is 0.211. The van der Waals surface area contributed by atoms with E-state index in [1.165, 1.54) is 4.90 Å². The normalized spacial score (nSPS) is 20.8. The van der Waals surface area contributed by atoms with Gasteiger partial charge in [0.05, 0.1) is 47.9 Å². The highest BCUT2D eigenvalue weighted by Crippen LogP contribution is 2.34. The minimum Gasteiger partial charge on any atom is -0.377 e. The number of likely N-dealkylation sites (tertiary alicyclic amines) is 1. The number of aromatic nitrogens is 3. The van der Waals surface area contributed by atoms with Crippen molar-refractivity contribution in [3.8, 4) is 0 Å². The monoisotopic (exact) mass is 443 g/mol. The van der Waals surface area contributed by atoms with E-state index in [4.69, 9.17) is 0 Å². The van der Waals surface area contributed by atoms with Gasteiger partial charge in [-0.2, -0.15) is 27.1 Å². The number of halogens is 6. The van der Waals surface area contributed by atoms with E-state index < -0.39 is 42.0 Å². The number of nitrogens with zero attached hydrogens (tertiary/aromatic N) is 3. The summed E-state index contributed by atoms with van der Waals surface area (Å²) in [7, 11) is 0. The zero-order valence-corrected chi connectivity index (χ0v) is 16.1. The summed E-state index contributed by atoms with van der Waals surface area (Å²) in [4.78, 5) is 5.35. The van der Waals surface area contributed by atoms with Crippen molar-refractivity contribution in [1.82, 2.24) is 20.1 Å². The van der Waals surface area contributed by atoms with Crippen molar-refractivity contribution in [2.45, 2.75) is 30.7 Å². The fourth-order valence-electron chi connectivity index (χ4n) is 3.73. The minimum atomic E-state index is -4.60. The summed E-state index contributed by atoms with van der Waals surface area (Å²) in [6.45, 7) is -0.782. The maximum atomic E-state index is 14.8. The van der Waals surface area contributed by atoms with Crippen molar-refractivity contribution in [2.24, 2.45) is 0 Å².